The molecule has 9 heteroatoms. The van der Waals surface area contributed by atoms with Gasteiger partial charge in [-0.15, -0.1) is 0 Å². The molecule has 0 aliphatic heterocycles. The minimum absolute atomic E-state index is 0.0579. The Morgan fingerprint density at radius 2 is 1.65 bits per heavy atom. The Balaban J connectivity index is 2.50. The molecule has 26 heavy (non-hydrogen) atoms. The quantitative estimate of drug-likeness (QED) is 0.232. The molecule has 0 spiro atoms. The smallest absolute Gasteiger partial charge is 0.142 e. The number of hydrogen-bond acceptors (Lipinski definition) is 9. The lowest BCUT2D eigenvalue weighted by atomic mass is 9.96. The van der Waals surface area contributed by atoms with Gasteiger partial charge in [0.15, 0.2) is 0 Å². The zero-order valence-electron chi connectivity index (χ0n) is 14.9. The molecule has 0 bridgehead atoms. The molecular weight excluding hydrogens is 346 g/mol. The molecule has 0 saturated carbocycles. The van der Waals surface area contributed by atoms with Crippen LogP contribution in [0.15, 0.2) is 30.3 Å². The molecule has 0 aromatic heterocycles. The predicted octanol–water partition coefficient (Wildman–Crippen LogP) is -1.79. The highest BCUT2D eigenvalue weighted by atomic mass is 16.5. The number of rotatable bonds is 12. The van der Waals surface area contributed by atoms with Gasteiger partial charge in [0, 0.05) is 7.11 Å². The Morgan fingerprint density at radius 3 is 2.19 bits per heavy atom. The maximum atomic E-state index is 10.2. The number of hydrogen-bond donors (Lipinski definition) is 6. The summed E-state index contributed by atoms with van der Waals surface area (Å²) >= 11 is 0. The molecule has 0 saturated heterocycles. The number of nitrogens with two attached hydrogens (primary N) is 1. The van der Waals surface area contributed by atoms with E-state index in [2.05, 4.69) is 0 Å². The van der Waals surface area contributed by atoms with Crippen molar-refractivity contribution in [2.24, 2.45) is 5.73 Å². The van der Waals surface area contributed by atoms with Crippen LogP contribution in [0.4, 0.5) is 0 Å². The number of para-hydroxylation sites is 1. The number of benzene rings is 1. The minimum atomic E-state index is -1.78. The lowest BCUT2D eigenvalue weighted by Gasteiger charge is -2.36. The van der Waals surface area contributed by atoms with E-state index in [1.54, 1.807) is 24.3 Å². The molecule has 0 radical (unpaired) electrons. The Bertz CT molecular complexity index is 497. The van der Waals surface area contributed by atoms with Gasteiger partial charge >= 0.3 is 0 Å². The van der Waals surface area contributed by atoms with E-state index in [0.717, 1.165) is 0 Å². The number of methoxy groups -OCH3 is 1. The van der Waals surface area contributed by atoms with Crippen LogP contribution < -0.4 is 10.5 Å². The second kappa shape index (κ2) is 10.8. The first-order valence-electron chi connectivity index (χ1n) is 8.19. The van der Waals surface area contributed by atoms with Crippen molar-refractivity contribution in [3.05, 3.63) is 30.3 Å². The molecule has 0 aliphatic carbocycles. The highest BCUT2D eigenvalue weighted by Crippen LogP contribution is 2.18. The lowest BCUT2D eigenvalue weighted by Crippen LogP contribution is -2.60. The van der Waals surface area contributed by atoms with Gasteiger partial charge in [-0.05, 0) is 19.1 Å². The highest BCUT2D eigenvalue weighted by Gasteiger charge is 2.41. The van der Waals surface area contributed by atoms with Crippen LogP contribution in [0.3, 0.4) is 0 Å². The zero-order valence-corrected chi connectivity index (χ0v) is 14.9. The molecule has 0 amide bonds. The van der Waals surface area contributed by atoms with Crippen molar-refractivity contribution in [3.63, 3.8) is 0 Å². The molecule has 1 rings (SSSR count). The molecule has 150 valence electrons. The molecule has 1 aromatic rings. The minimum Gasteiger partial charge on any atom is -0.491 e. The largest absolute Gasteiger partial charge is 0.491 e. The third-order valence-corrected chi connectivity index (χ3v) is 3.90. The standard InChI is InChI=1S/C17H29NO8/c1-17(18,16(23)15(22)14(21)13(8-19)24-2)26-10-11(20)9-25-12-6-4-3-5-7-12/h3-7,11,13-16,19-23H,8-10,18H2,1-2H3. The monoisotopic (exact) mass is 375 g/mol. The van der Waals surface area contributed by atoms with Gasteiger partial charge in [0.2, 0.25) is 0 Å². The van der Waals surface area contributed by atoms with Crippen LogP contribution in [-0.4, -0.2) is 88.7 Å². The molecule has 1 aromatic carbocycles. The maximum absolute atomic E-state index is 10.2. The van der Waals surface area contributed by atoms with Gasteiger partial charge in [-0.3, -0.25) is 0 Å². The number of aliphatic hydroxyl groups is 5. The second-order valence-electron chi connectivity index (χ2n) is 6.16. The summed E-state index contributed by atoms with van der Waals surface area (Å²) in [6.07, 6.45) is -7.15. The molecule has 6 atom stereocenters. The first kappa shape index (κ1) is 22.7. The fourth-order valence-electron chi connectivity index (χ4n) is 2.19. The summed E-state index contributed by atoms with van der Waals surface area (Å²) in [4.78, 5) is 0. The number of aliphatic hydroxyl groups excluding tert-OH is 5. The van der Waals surface area contributed by atoms with Gasteiger partial charge in [-0.1, -0.05) is 18.2 Å². The maximum Gasteiger partial charge on any atom is 0.142 e. The van der Waals surface area contributed by atoms with Crippen molar-refractivity contribution in [2.45, 2.75) is 43.2 Å². The van der Waals surface area contributed by atoms with E-state index in [0.29, 0.717) is 5.75 Å². The van der Waals surface area contributed by atoms with Gasteiger partial charge in [-0.25, -0.2) is 0 Å². The summed E-state index contributed by atoms with van der Waals surface area (Å²) in [6.45, 7) is 0.406. The molecule has 0 aliphatic rings. The summed E-state index contributed by atoms with van der Waals surface area (Å²) in [5.74, 6) is 0.579. The Kier molecular flexibility index (Phi) is 9.41. The van der Waals surface area contributed by atoms with E-state index in [1.165, 1.54) is 14.0 Å². The number of ether oxygens (including phenoxy) is 3. The SMILES string of the molecule is COC(CO)C(O)C(O)C(O)C(C)(N)OCC(O)COc1ccccc1. The van der Waals surface area contributed by atoms with Gasteiger partial charge in [0.25, 0.3) is 0 Å². The Morgan fingerprint density at radius 1 is 1.04 bits per heavy atom. The van der Waals surface area contributed by atoms with E-state index < -0.39 is 42.9 Å². The Labute approximate surface area is 152 Å². The third-order valence-electron chi connectivity index (χ3n) is 3.90. The van der Waals surface area contributed by atoms with Crippen LogP contribution >= 0.6 is 0 Å². The highest BCUT2D eigenvalue weighted by molar-refractivity contribution is 5.20. The summed E-state index contributed by atoms with van der Waals surface area (Å²) in [5, 5.41) is 49.1. The summed E-state index contributed by atoms with van der Waals surface area (Å²) in [7, 11) is 1.24. The van der Waals surface area contributed by atoms with Crippen LogP contribution in [0.1, 0.15) is 6.92 Å². The molecule has 6 unspecified atom stereocenters. The molecule has 9 nitrogen and oxygen atoms in total. The predicted molar refractivity (Wildman–Crippen MR) is 92.4 cm³/mol. The van der Waals surface area contributed by atoms with Gasteiger partial charge in [0.05, 0.1) is 13.2 Å². The van der Waals surface area contributed by atoms with Crippen LogP contribution in [0.5, 0.6) is 5.75 Å². The molecule has 7 N–H and O–H groups in total. The van der Waals surface area contributed by atoms with Crippen LogP contribution in [-0.2, 0) is 9.47 Å². The molecule has 0 fully saturated rings. The van der Waals surface area contributed by atoms with Crippen molar-refractivity contribution in [1.82, 2.24) is 0 Å². The van der Waals surface area contributed by atoms with E-state index in [4.69, 9.17) is 25.1 Å². The topological polar surface area (TPSA) is 155 Å². The van der Waals surface area contributed by atoms with E-state index >= 15 is 0 Å². The summed E-state index contributed by atoms with van der Waals surface area (Å²) in [6, 6.07) is 8.87. The zero-order chi connectivity index (χ0) is 19.7. The third kappa shape index (κ3) is 6.78. The first-order valence-corrected chi connectivity index (χ1v) is 8.19. The van der Waals surface area contributed by atoms with E-state index in [-0.39, 0.29) is 13.2 Å². The Hall–Kier alpha value is -1.30. The fourth-order valence-corrected chi connectivity index (χ4v) is 2.19. The van der Waals surface area contributed by atoms with Crippen LogP contribution in [0, 0.1) is 0 Å². The van der Waals surface area contributed by atoms with Crippen molar-refractivity contribution in [2.75, 3.05) is 26.9 Å². The average molecular weight is 375 g/mol. The average Bonchev–Trinajstić information content (AvgIpc) is 2.65. The van der Waals surface area contributed by atoms with Crippen molar-refractivity contribution in [3.8, 4) is 5.75 Å². The van der Waals surface area contributed by atoms with Crippen LogP contribution in [0.25, 0.3) is 0 Å². The van der Waals surface area contributed by atoms with Gasteiger partial charge < -0.3 is 45.5 Å². The van der Waals surface area contributed by atoms with Gasteiger partial charge in [-0.2, -0.15) is 0 Å². The molecular formula is C17H29NO8. The van der Waals surface area contributed by atoms with Crippen LogP contribution in [0.2, 0.25) is 0 Å². The van der Waals surface area contributed by atoms with Crippen molar-refractivity contribution >= 4 is 0 Å². The lowest BCUT2D eigenvalue weighted by molar-refractivity contribution is -0.194. The van der Waals surface area contributed by atoms with E-state index in [1.807, 2.05) is 6.07 Å². The summed E-state index contributed by atoms with van der Waals surface area (Å²) in [5.41, 5.74) is 4.06. The summed E-state index contributed by atoms with van der Waals surface area (Å²) < 4.78 is 15.5. The second-order valence-corrected chi connectivity index (χ2v) is 6.16. The normalized spacial score (nSPS) is 19.8. The van der Waals surface area contributed by atoms with Crippen molar-refractivity contribution in [1.29, 1.82) is 0 Å². The van der Waals surface area contributed by atoms with Gasteiger partial charge in [0.1, 0.15) is 48.6 Å². The molecule has 0 heterocycles. The first-order chi connectivity index (χ1) is 12.2. The van der Waals surface area contributed by atoms with Crippen molar-refractivity contribution < 1.29 is 39.7 Å². The van der Waals surface area contributed by atoms with E-state index in [9.17, 15) is 20.4 Å². The fraction of sp³-hybridized carbons (Fsp3) is 0.647.